The molecule has 90 valence electrons. The Balaban J connectivity index is 2.19. The van der Waals surface area contributed by atoms with Crippen LogP contribution in [0.4, 0.5) is 0 Å². The summed E-state index contributed by atoms with van der Waals surface area (Å²) in [4.78, 5) is 5.36. The molecular weight excluding hydrogens is 252 g/mol. The minimum absolute atomic E-state index is 0.0253. The first-order chi connectivity index (χ1) is 8.08. The van der Waals surface area contributed by atoms with Crippen LogP contribution in [0, 0.1) is 13.8 Å². The lowest BCUT2D eigenvalue weighted by molar-refractivity contribution is 0.728. The lowest BCUT2D eigenvalue weighted by Crippen LogP contribution is -2.13. The van der Waals surface area contributed by atoms with Gasteiger partial charge in [-0.05, 0) is 37.5 Å². The van der Waals surface area contributed by atoms with Gasteiger partial charge in [-0.25, -0.2) is 4.98 Å². The molecule has 2 aromatic rings. The summed E-state index contributed by atoms with van der Waals surface area (Å²) in [5.74, 6) is 0. The number of hydrogen-bond acceptors (Lipinski definition) is 3. The molecule has 0 amide bonds. The van der Waals surface area contributed by atoms with E-state index >= 15 is 0 Å². The fraction of sp³-hybridized carbons (Fsp3) is 0.308. The maximum Gasteiger partial charge on any atom is 0.0798 e. The Morgan fingerprint density at radius 3 is 2.76 bits per heavy atom. The maximum absolute atomic E-state index is 6.21. The third kappa shape index (κ3) is 2.86. The van der Waals surface area contributed by atoms with E-state index in [2.05, 4.69) is 11.1 Å². The van der Waals surface area contributed by atoms with Gasteiger partial charge in [-0.1, -0.05) is 23.7 Å². The van der Waals surface area contributed by atoms with E-state index in [9.17, 15) is 0 Å². The monoisotopic (exact) mass is 266 g/mol. The van der Waals surface area contributed by atoms with Crippen molar-refractivity contribution in [2.24, 2.45) is 5.73 Å². The minimum atomic E-state index is -0.0253. The van der Waals surface area contributed by atoms with Crippen molar-refractivity contribution in [2.75, 3.05) is 0 Å². The van der Waals surface area contributed by atoms with Gasteiger partial charge in [-0.2, -0.15) is 0 Å². The molecule has 17 heavy (non-hydrogen) atoms. The number of aromatic nitrogens is 1. The highest BCUT2D eigenvalue weighted by Crippen LogP contribution is 2.26. The Hall–Kier alpha value is -0.900. The molecule has 2 nitrogen and oxygen atoms in total. The molecule has 0 spiro atoms. The summed E-state index contributed by atoms with van der Waals surface area (Å²) in [7, 11) is 0. The Kier molecular flexibility index (Phi) is 3.82. The van der Waals surface area contributed by atoms with Crippen LogP contribution in [0.3, 0.4) is 0 Å². The number of thiazole rings is 1. The number of nitrogens with zero attached hydrogens (tertiary/aromatic N) is 1. The average molecular weight is 267 g/mol. The predicted octanol–water partition coefficient (Wildman–Crippen LogP) is 3.66. The molecular formula is C13H15ClN2S. The zero-order valence-electron chi connectivity index (χ0n) is 9.90. The standard InChI is InChI=1S/C13H15ClN2S/c1-8-3-4-10(11(14)5-8)6-12(15)13-9(2)16-7-17-13/h3-5,7,12H,6,15H2,1-2H3. The summed E-state index contributed by atoms with van der Waals surface area (Å²) in [5.41, 5.74) is 11.3. The molecule has 0 fully saturated rings. The molecule has 0 aliphatic carbocycles. The Morgan fingerprint density at radius 2 is 2.18 bits per heavy atom. The van der Waals surface area contributed by atoms with Crippen LogP contribution < -0.4 is 5.73 Å². The summed E-state index contributed by atoms with van der Waals surface area (Å²) in [5, 5.41) is 0.794. The second-order valence-electron chi connectivity index (χ2n) is 4.21. The van der Waals surface area contributed by atoms with E-state index in [1.165, 1.54) is 5.56 Å². The third-order valence-corrected chi connectivity index (χ3v) is 4.18. The van der Waals surface area contributed by atoms with Crippen molar-refractivity contribution in [1.82, 2.24) is 4.98 Å². The van der Waals surface area contributed by atoms with E-state index in [0.29, 0.717) is 0 Å². The van der Waals surface area contributed by atoms with Crippen LogP contribution in [-0.2, 0) is 6.42 Å². The van der Waals surface area contributed by atoms with Crippen molar-refractivity contribution in [3.63, 3.8) is 0 Å². The SMILES string of the molecule is Cc1ccc(CC(N)c2scnc2C)c(Cl)c1. The van der Waals surface area contributed by atoms with Crippen molar-refractivity contribution in [3.8, 4) is 0 Å². The summed E-state index contributed by atoms with van der Waals surface area (Å²) in [6, 6.07) is 6.06. The maximum atomic E-state index is 6.21. The lowest BCUT2D eigenvalue weighted by Gasteiger charge is -2.12. The van der Waals surface area contributed by atoms with Crippen LogP contribution in [0.5, 0.6) is 0 Å². The fourth-order valence-electron chi connectivity index (χ4n) is 1.81. The highest BCUT2D eigenvalue weighted by molar-refractivity contribution is 7.09. The van der Waals surface area contributed by atoms with Crippen LogP contribution >= 0.6 is 22.9 Å². The molecule has 2 rings (SSSR count). The lowest BCUT2D eigenvalue weighted by atomic mass is 10.0. The second kappa shape index (κ2) is 5.17. The quantitative estimate of drug-likeness (QED) is 0.921. The average Bonchev–Trinajstić information content (AvgIpc) is 2.68. The van der Waals surface area contributed by atoms with Crippen molar-refractivity contribution >= 4 is 22.9 Å². The van der Waals surface area contributed by atoms with Gasteiger partial charge in [0, 0.05) is 15.9 Å². The van der Waals surface area contributed by atoms with Gasteiger partial charge in [0.05, 0.1) is 11.2 Å². The molecule has 0 radical (unpaired) electrons. The first kappa shape index (κ1) is 12.6. The van der Waals surface area contributed by atoms with Gasteiger partial charge in [0.2, 0.25) is 0 Å². The fourth-order valence-corrected chi connectivity index (χ4v) is 2.93. The van der Waals surface area contributed by atoms with Crippen LogP contribution in [0.1, 0.15) is 27.7 Å². The Labute approximate surface area is 110 Å². The number of aryl methyl sites for hydroxylation is 2. The van der Waals surface area contributed by atoms with Crippen LogP contribution in [0.15, 0.2) is 23.7 Å². The molecule has 0 aliphatic heterocycles. The summed E-state index contributed by atoms with van der Waals surface area (Å²) >= 11 is 7.81. The Bertz CT molecular complexity index is 522. The van der Waals surface area contributed by atoms with Gasteiger partial charge in [0.1, 0.15) is 0 Å². The third-order valence-electron chi connectivity index (χ3n) is 2.77. The second-order valence-corrected chi connectivity index (χ2v) is 5.50. The molecule has 0 saturated carbocycles. The summed E-state index contributed by atoms with van der Waals surface area (Å²) in [6.07, 6.45) is 0.752. The van der Waals surface area contributed by atoms with Crippen LogP contribution in [-0.4, -0.2) is 4.98 Å². The van der Waals surface area contributed by atoms with Crippen molar-refractivity contribution in [2.45, 2.75) is 26.3 Å². The van der Waals surface area contributed by atoms with Gasteiger partial charge in [-0.3, -0.25) is 0 Å². The van der Waals surface area contributed by atoms with E-state index in [1.54, 1.807) is 11.3 Å². The smallest absolute Gasteiger partial charge is 0.0798 e. The summed E-state index contributed by atoms with van der Waals surface area (Å²) in [6.45, 7) is 4.02. The first-order valence-electron chi connectivity index (χ1n) is 5.48. The van der Waals surface area contributed by atoms with Crippen molar-refractivity contribution in [1.29, 1.82) is 0 Å². The molecule has 1 atom stereocenters. The zero-order valence-corrected chi connectivity index (χ0v) is 11.5. The molecule has 1 heterocycles. The van der Waals surface area contributed by atoms with Gasteiger partial charge in [0.15, 0.2) is 0 Å². The molecule has 2 N–H and O–H groups in total. The molecule has 0 bridgehead atoms. The molecule has 0 aliphatic rings. The molecule has 1 unspecified atom stereocenters. The zero-order chi connectivity index (χ0) is 12.4. The number of halogens is 1. The van der Waals surface area contributed by atoms with Crippen LogP contribution in [0.2, 0.25) is 5.02 Å². The topological polar surface area (TPSA) is 38.9 Å². The highest BCUT2D eigenvalue weighted by Gasteiger charge is 2.13. The predicted molar refractivity (Wildman–Crippen MR) is 73.7 cm³/mol. The first-order valence-corrected chi connectivity index (χ1v) is 6.74. The number of benzene rings is 1. The molecule has 4 heteroatoms. The number of nitrogens with two attached hydrogens (primary N) is 1. The van der Waals surface area contributed by atoms with Gasteiger partial charge < -0.3 is 5.73 Å². The van der Waals surface area contributed by atoms with E-state index in [0.717, 1.165) is 27.6 Å². The summed E-state index contributed by atoms with van der Waals surface area (Å²) < 4.78 is 0. The van der Waals surface area contributed by atoms with Crippen molar-refractivity contribution in [3.05, 3.63) is 50.4 Å². The van der Waals surface area contributed by atoms with Gasteiger partial charge in [-0.15, -0.1) is 11.3 Å². The number of rotatable bonds is 3. The minimum Gasteiger partial charge on any atom is -0.323 e. The van der Waals surface area contributed by atoms with Gasteiger partial charge >= 0.3 is 0 Å². The Morgan fingerprint density at radius 1 is 1.41 bits per heavy atom. The number of hydrogen-bond donors (Lipinski definition) is 1. The van der Waals surface area contributed by atoms with E-state index in [4.69, 9.17) is 17.3 Å². The normalized spacial score (nSPS) is 12.7. The molecule has 0 saturated heterocycles. The van der Waals surface area contributed by atoms with E-state index in [1.807, 2.05) is 31.5 Å². The highest BCUT2D eigenvalue weighted by atomic mass is 35.5. The van der Waals surface area contributed by atoms with Gasteiger partial charge in [0.25, 0.3) is 0 Å². The molecule has 1 aromatic heterocycles. The van der Waals surface area contributed by atoms with Crippen molar-refractivity contribution < 1.29 is 0 Å². The van der Waals surface area contributed by atoms with Crippen LogP contribution in [0.25, 0.3) is 0 Å². The largest absolute Gasteiger partial charge is 0.323 e. The molecule has 1 aromatic carbocycles. The van der Waals surface area contributed by atoms with E-state index < -0.39 is 0 Å². The van der Waals surface area contributed by atoms with E-state index in [-0.39, 0.29) is 6.04 Å².